The highest BCUT2D eigenvalue weighted by atomic mass is 32.2. The molecule has 0 saturated carbocycles. The molecule has 0 radical (unpaired) electrons. The van der Waals surface area contributed by atoms with Gasteiger partial charge in [0.15, 0.2) is 5.16 Å². The number of nitrogen functional groups attached to an aromatic ring is 1. The lowest BCUT2D eigenvalue weighted by molar-refractivity contribution is 0.338. The SMILES string of the molecule is CCOc1cccc(Oc2cc(NN)nc(SC)n2)c1. The third-order valence-corrected chi connectivity index (χ3v) is 2.90. The van der Waals surface area contributed by atoms with Crippen LogP contribution in [0.25, 0.3) is 0 Å². The van der Waals surface area contributed by atoms with Crippen molar-refractivity contribution in [3.63, 3.8) is 0 Å². The van der Waals surface area contributed by atoms with E-state index in [1.807, 2.05) is 31.4 Å². The number of anilines is 1. The van der Waals surface area contributed by atoms with E-state index in [0.717, 1.165) is 5.75 Å². The molecule has 1 aromatic carbocycles. The Morgan fingerprint density at radius 3 is 2.75 bits per heavy atom. The minimum absolute atomic E-state index is 0.422. The average Bonchev–Trinajstić information content (AvgIpc) is 2.47. The van der Waals surface area contributed by atoms with E-state index in [4.69, 9.17) is 15.3 Å². The summed E-state index contributed by atoms with van der Waals surface area (Å²) in [6.07, 6.45) is 1.88. The maximum absolute atomic E-state index is 5.71. The van der Waals surface area contributed by atoms with Gasteiger partial charge >= 0.3 is 0 Å². The molecule has 0 aliphatic rings. The largest absolute Gasteiger partial charge is 0.494 e. The van der Waals surface area contributed by atoms with Crippen LogP contribution in [0, 0.1) is 0 Å². The summed E-state index contributed by atoms with van der Waals surface area (Å²) in [6, 6.07) is 9.00. The van der Waals surface area contributed by atoms with E-state index in [1.54, 1.807) is 12.1 Å². The molecule has 1 aromatic heterocycles. The second-order valence-corrected chi connectivity index (χ2v) is 4.51. The minimum Gasteiger partial charge on any atom is -0.494 e. The second-order valence-electron chi connectivity index (χ2n) is 3.73. The molecule has 0 aliphatic carbocycles. The standard InChI is InChI=1S/C13H16N4O2S/c1-3-18-9-5-4-6-10(7-9)19-12-8-11(17-14)15-13(16-12)20-2/h4-8H,3,14H2,1-2H3,(H,15,16,17). The summed E-state index contributed by atoms with van der Waals surface area (Å²) in [5, 5.41) is 0.580. The zero-order valence-electron chi connectivity index (χ0n) is 11.3. The summed E-state index contributed by atoms with van der Waals surface area (Å²) in [6.45, 7) is 2.54. The first-order valence-corrected chi connectivity index (χ1v) is 7.28. The Bertz CT molecular complexity index is 558. The first-order valence-electron chi connectivity index (χ1n) is 6.05. The number of benzene rings is 1. The number of nitrogens with two attached hydrogens (primary N) is 1. The fourth-order valence-electron chi connectivity index (χ4n) is 1.54. The Hall–Kier alpha value is -1.99. The number of nitrogens with zero attached hydrogens (tertiary/aromatic N) is 2. The van der Waals surface area contributed by atoms with E-state index >= 15 is 0 Å². The van der Waals surface area contributed by atoms with Crippen LogP contribution in [0.3, 0.4) is 0 Å². The topological polar surface area (TPSA) is 82.3 Å². The van der Waals surface area contributed by atoms with Crippen molar-refractivity contribution in [3.05, 3.63) is 30.3 Å². The van der Waals surface area contributed by atoms with Crippen molar-refractivity contribution >= 4 is 17.6 Å². The van der Waals surface area contributed by atoms with Crippen LogP contribution in [0.4, 0.5) is 5.82 Å². The van der Waals surface area contributed by atoms with E-state index in [1.165, 1.54) is 11.8 Å². The van der Waals surface area contributed by atoms with Gasteiger partial charge in [-0.15, -0.1) is 0 Å². The lowest BCUT2D eigenvalue weighted by atomic mass is 10.3. The van der Waals surface area contributed by atoms with Gasteiger partial charge in [-0.2, -0.15) is 4.98 Å². The van der Waals surface area contributed by atoms with Crippen molar-refractivity contribution in [3.8, 4) is 17.4 Å². The van der Waals surface area contributed by atoms with Crippen LogP contribution >= 0.6 is 11.8 Å². The van der Waals surface area contributed by atoms with Gasteiger partial charge in [-0.1, -0.05) is 17.8 Å². The third kappa shape index (κ3) is 3.75. The quantitative estimate of drug-likeness (QED) is 0.366. The number of aromatic nitrogens is 2. The van der Waals surface area contributed by atoms with Gasteiger partial charge in [-0.05, 0) is 25.3 Å². The molecule has 0 fully saturated rings. The number of hydrazine groups is 1. The molecule has 0 bridgehead atoms. The normalized spacial score (nSPS) is 10.2. The van der Waals surface area contributed by atoms with Crippen molar-refractivity contribution in [2.75, 3.05) is 18.3 Å². The Labute approximate surface area is 121 Å². The highest BCUT2D eigenvalue weighted by molar-refractivity contribution is 7.98. The molecule has 1 heterocycles. The highest BCUT2D eigenvalue weighted by Gasteiger charge is 2.06. The van der Waals surface area contributed by atoms with Crippen LogP contribution in [0.2, 0.25) is 0 Å². The molecule has 106 valence electrons. The van der Waals surface area contributed by atoms with Gasteiger partial charge in [0.1, 0.15) is 17.3 Å². The van der Waals surface area contributed by atoms with Gasteiger partial charge < -0.3 is 14.9 Å². The van der Waals surface area contributed by atoms with Gasteiger partial charge in [0, 0.05) is 12.1 Å². The lowest BCUT2D eigenvalue weighted by Crippen LogP contribution is -2.09. The maximum atomic E-state index is 5.71. The van der Waals surface area contributed by atoms with E-state index in [-0.39, 0.29) is 0 Å². The van der Waals surface area contributed by atoms with Crippen LogP contribution in [0.1, 0.15) is 6.92 Å². The van der Waals surface area contributed by atoms with Gasteiger partial charge in [-0.25, -0.2) is 10.8 Å². The highest BCUT2D eigenvalue weighted by Crippen LogP contribution is 2.26. The fourth-order valence-corrected chi connectivity index (χ4v) is 1.91. The van der Waals surface area contributed by atoms with E-state index in [2.05, 4.69) is 15.4 Å². The molecule has 0 saturated heterocycles. The van der Waals surface area contributed by atoms with Crippen molar-refractivity contribution < 1.29 is 9.47 Å². The molecule has 0 unspecified atom stereocenters. The first-order chi connectivity index (χ1) is 9.75. The maximum Gasteiger partial charge on any atom is 0.225 e. The molecule has 2 aromatic rings. The summed E-state index contributed by atoms with van der Waals surface area (Å²) in [5.41, 5.74) is 2.49. The van der Waals surface area contributed by atoms with Crippen molar-refractivity contribution in [1.82, 2.24) is 9.97 Å². The zero-order chi connectivity index (χ0) is 14.4. The van der Waals surface area contributed by atoms with Crippen molar-refractivity contribution in [2.45, 2.75) is 12.1 Å². The Kier molecular flexibility index (Phi) is 5.03. The van der Waals surface area contributed by atoms with Crippen LogP contribution < -0.4 is 20.7 Å². The monoisotopic (exact) mass is 292 g/mol. The number of hydrogen-bond acceptors (Lipinski definition) is 7. The smallest absolute Gasteiger partial charge is 0.225 e. The summed E-state index contributed by atoms with van der Waals surface area (Å²) in [4.78, 5) is 8.43. The second kappa shape index (κ2) is 6.97. The molecule has 6 nitrogen and oxygen atoms in total. The Morgan fingerprint density at radius 1 is 1.25 bits per heavy atom. The van der Waals surface area contributed by atoms with E-state index in [9.17, 15) is 0 Å². The van der Waals surface area contributed by atoms with E-state index < -0.39 is 0 Å². The number of thioether (sulfide) groups is 1. The van der Waals surface area contributed by atoms with Crippen molar-refractivity contribution in [2.24, 2.45) is 5.84 Å². The average molecular weight is 292 g/mol. The molecular formula is C13H16N4O2S. The Morgan fingerprint density at radius 2 is 2.05 bits per heavy atom. The minimum atomic E-state index is 0.422. The molecule has 20 heavy (non-hydrogen) atoms. The van der Waals surface area contributed by atoms with Gasteiger partial charge in [0.25, 0.3) is 0 Å². The number of nitrogens with one attached hydrogen (secondary N) is 1. The predicted molar refractivity (Wildman–Crippen MR) is 79.3 cm³/mol. The lowest BCUT2D eigenvalue weighted by Gasteiger charge is -2.09. The fraction of sp³-hybridized carbons (Fsp3) is 0.231. The third-order valence-electron chi connectivity index (χ3n) is 2.35. The van der Waals surface area contributed by atoms with Gasteiger partial charge in [0.05, 0.1) is 6.61 Å². The summed E-state index contributed by atoms with van der Waals surface area (Å²) < 4.78 is 11.1. The predicted octanol–water partition coefficient (Wildman–Crippen LogP) is 2.68. The van der Waals surface area contributed by atoms with Gasteiger partial charge in [-0.3, -0.25) is 0 Å². The molecule has 0 atom stereocenters. The number of rotatable bonds is 6. The first kappa shape index (κ1) is 14.4. The molecular weight excluding hydrogens is 276 g/mol. The van der Waals surface area contributed by atoms with E-state index in [0.29, 0.717) is 29.2 Å². The molecule has 7 heteroatoms. The molecule has 0 aliphatic heterocycles. The molecule has 0 spiro atoms. The van der Waals surface area contributed by atoms with Crippen LogP contribution in [-0.2, 0) is 0 Å². The summed E-state index contributed by atoms with van der Waals surface area (Å²) >= 11 is 1.41. The van der Waals surface area contributed by atoms with Crippen LogP contribution in [0.15, 0.2) is 35.5 Å². The van der Waals surface area contributed by atoms with Crippen molar-refractivity contribution in [1.29, 1.82) is 0 Å². The number of hydrogen-bond donors (Lipinski definition) is 2. The molecule has 2 rings (SSSR count). The molecule has 0 amide bonds. The summed E-state index contributed by atoms with van der Waals surface area (Å²) in [5.74, 6) is 7.69. The van der Waals surface area contributed by atoms with Crippen LogP contribution in [-0.4, -0.2) is 22.8 Å². The van der Waals surface area contributed by atoms with Crippen LogP contribution in [0.5, 0.6) is 17.4 Å². The number of ether oxygens (including phenoxy) is 2. The Balaban J connectivity index is 2.22. The zero-order valence-corrected chi connectivity index (χ0v) is 12.1. The molecule has 3 N–H and O–H groups in total. The summed E-state index contributed by atoms with van der Waals surface area (Å²) in [7, 11) is 0. The van der Waals surface area contributed by atoms with Gasteiger partial charge in [0.2, 0.25) is 5.88 Å².